The molecule has 0 bridgehead atoms. The van der Waals surface area contributed by atoms with Gasteiger partial charge in [-0.15, -0.1) is 10.2 Å². The lowest BCUT2D eigenvalue weighted by atomic mass is 9.96. The Balaban J connectivity index is 1.60. The fraction of sp³-hybridized carbons (Fsp3) is 0.421. The summed E-state index contributed by atoms with van der Waals surface area (Å²) in [6.07, 6.45) is 3.38. The third kappa shape index (κ3) is 3.00. The highest BCUT2D eigenvalue weighted by Crippen LogP contribution is 2.32. The zero-order valence-electron chi connectivity index (χ0n) is 15.4. The number of thioether (sulfide) groups is 1. The first kappa shape index (κ1) is 17.1. The van der Waals surface area contributed by atoms with Crippen molar-refractivity contribution in [1.29, 1.82) is 0 Å². The second kappa shape index (κ2) is 6.46. The van der Waals surface area contributed by atoms with Gasteiger partial charge < -0.3 is 5.84 Å². The molecule has 1 aliphatic carbocycles. The summed E-state index contributed by atoms with van der Waals surface area (Å²) >= 11 is 1.60. The number of rotatable bonds is 4. The molecule has 26 heavy (non-hydrogen) atoms. The molecule has 0 unspecified atom stereocenters. The summed E-state index contributed by atoms with van der Waals surface area (Å²) in [6.45, 7) is 6.26. The molecule has 0 fully saturated rings. The predicted octanol–water partition coefficient (Wildman–Crippen LogP) is 3.26. The van der Waals surface area contributed by atoms with Crippen LogP contribution in [0.15, 0.2) is 35.5 Å². The fourth-order valence-electron chi connectivity index (χ4n) is 3.43. The summed E-state index contributed by atoms with van der Waals surface area (Å²) in [6, 6.07) is 10.4. The van der Waals surface area contributed by atoms with Crippen LogP contribution < -0.4 is 5.84 Å². The molecule has 0 saturated carbocycles. The Labute approximate surface area is 157 Å². The van der Waals surface area contributed by atoms with E-state index in [4.69, 9.17) is 10.9 Å². The maximum absolute atomic E-state index is 6.21. The Kier molecular flexibility index (Phi) is 4.26. The molecule has 1 aromatic carbocycles. The van der Waals surface area contributed by atoms with E-state index in [0.717, 1.165) is 41.0 Å². The third-order valence-electron chi connectivity index (χ3n) is 4.69. The lowest BCUT2D eigenvalue weighted by molar-refractivity contribution is 0.523. The highest BCUT2D eigenvalue weighted by molar-refractivity contribution is 7.98. The Morgan fingerprint density at radius 1 is 1.12 bits per heavy atom. The van der Waals surface area contributed by atoms with Crippen LogP contribution in [0.2, 0.25) is 0 Å². The number of hydrogen-bond acceptors (Lipinski definition) is 5. The number of nitrogen functional groups attached to an aromatic ring is 1. The molecule has 136 valence electrons. The predicted molar refractivity (Wildman–Crippen MR) is 104 cm³/mol. The van der Waals surface area contributed by atoms with Gasteiger partial charge in [-0.2, -0.15) is 5.10 Å². The average Bonchev–Trinajstić information content (AvgIpc) is 3.29. The van der Waals surface area contributed by atoms with Crippen LogP contribution in [0.5, 0.6) is 0 Å². The zero-order valence-corrected chi connectivity index (χ0v) is 16.3. The van der Waals surface area contributed by atoms with Crippen LogP contribution in [-0.2, 0) is 24.0 Å². The molecular weight excluding hydrogens is 344 g/mol. The van der Waals surface area contributed by atoms with Crippen molar-refractivity contribution in [1.82, 2.24) is 24.7 Å². The van der Waals surface area contributed by atoms with Crippen molar-refractivity contribution >= 4 is 11.8 Å². The molecule has 0 aliphatic heterocycles. The number of fused-ring (bicyclic) bond motifs is 1. The third-order valence-corrected chi connectivity index (χ3v) is 5.64. The number of para-hydroxylation sites is 1. The van der Waals surface area contributed by atoms with Crippen molar-refractivity contribution in [2.45, 2.75) is 56.4 Å². The highest BCUT2D eigenvalue weighted by atomic mass is 32.2. The summed E-state index contributed by atoms with van der Waals surface area (Å²) in [7, 11) is 0. The topological polar surface area (TPSA) is 74.5 Å². The van der Waals surface area contributed by atoms with E-state index in [2.05, 4.69) is 59.9 Å². The normalized spacial score (nSPS) is 14.0. The van der Waals surface area contributed by atoms with E-state index >= 15 is 0 Å². The van der Waals surface area contributed by atoms with Gasteiger partial charge in [0.1, 0.15) is 0 Å². The minimum Gasteiger partial charge on any atom is -0.336 e. The first-order valence-electron chi connectivity index (χ1n) is 8.94. The maximum Gasteiger partial charge on any atom is 0.210 e. The van der Waals surface area contributed by atoms with E-state index in [9.17, 15) is 0 Å². The van der Waals surface area contributed by atoms with E-state index < -0.39 is 0 Å². The molecule has 2 N–H and O–H groups in total. The van der Waals surface area contributed by atoms with E-state index in [1.165, 1.54) is 17.7 Å². The minimum atomic E-state index is -0.128. The molecule has 2 aromatic heterocycles. The van der Waals surface area contributed by atoms with Crippen LogP contribution in [0.3, 0.4) is 0 Å². The molecule has 1 aliphatic rings. The number of benzene rings is 1. The van der Waals surface area contributed by atoms with Gasteiger partial charge in [-0.25, -0.2) is 9.36 Å². The molecule has 0 amide bonds. The monoisotopic (exact) mass is 368 g/mol. The lowest BCUT2D eigenvalue weighted by Crippen LogP contribution is -2.24. The molecule has 7 heteroatoms. The second-order valence-corrected chi connectivity index (χ2v) is 8.63. The SMILES string of the molecule is CC(C)(C)c1nnc(SCc2nn(-c3ccccc3)c3c2CCC3)n1N. The molecule has 2 heterocycles. The average molecular weight is 369 g/mol. The lowest BCUT2D eigenvalue weighted by Gasteiger charge is -2.16. The van der Waals surface area contributed by atoms with Crippen LogP contribution in [0.4, 0.5) is 0 Å². The Bertz CT molecular complexity index is 920. The van der Waals surface area contributed by atoms with Gasteiger partial charge in [0, 0.05) is 16.9 Å². The maximum atomic E-state index is 6.21. The quantitative estimate of drug-likeness (QED) is 0.565. The summed E-state index contributed by atoms with van der Waals surface area (Å²) in [5, 5.41) is 14.2. The molecule has 3 aromatic rings. The molecule has 6 nitrogen and oxygen atoms in total. The second-order valence-electron chi connectivity index (χ2n) is 7.69. The standard InChI is InChI=1S/C19H24N6S/c1-19(2,3)17-21-22-18(24(17)20)26-12-15-14-10-7-11-16(14)25(23-15)13-8-5-4-6-9-13/h4-6,8-9H,7,10-12,20H2,1-3H3. The van der Waals surface area contributed by atoms with Gasteiger partial charge in [-0.05, 0) is 37.0 Å². The first-order chi connectivity index (χ1) is 12.4. The van der Waals surface area contributed by atoms with Crippen molar-refractivity contribution in [3.05, 3.63) is 53.1 Å². The summed E-state index contributed by atoms with van der Waals surface area (Å²) in [4.78, 5) is 0. The Hall–Kier alpha value is -2.28. The van der Waals surface area contributed by atoms with E-state index in [1.807, 2.05) is 6.07 Å². The van der Waals surface area contributed by atoms with Gasteiger partial charge >= 0.3 is 0 Å². The molecule has 0 saturated heterocycles. The van der Waals surface area contributed by atoms with Gasteiger partial charge in [-0.3, -0.25) is 0 Å². The van der Waals surface area contributed by atoms with Crippen molar-refractivity contribution in [3.8, 4) is 5.69 Å². The number of aromatic nitrogens is 5. The Morgan fingerprint density at radius 2 is 1.88 bits per heavy atom. The molecular formula is C19H24N6S. The number of nitrogens with two attached hydrogens (primary N) is 1. The van der Waals surface area contributed by atoms with Crippen molar-refractivity contribution in [2.24, 2.45) is 0 Å². The van der Waals surface area contributed by atoms with Crippen LogP contribution in [-0.4, -0.2) is 24.7 Å². The molecule has 4 rings (SSSR count). The van der Waals surface area contributed by atoms with Crippen molar-refractivity contribution < 1.29 is 0 Å². The smallest absolute Gasteiger partial charge is 0.210 e. The highest BCUT2D eigenvalue weighted by Gasteiger charge is 2.25. The molecule has 0 atom stereocenters. The summed E-state index contributed by atoms with van der Waals surface area (Å²) in [5.41, 5.74) is 4.86. The van der Waals surface area contributed by atoms with Crippen molar-refractivity contribution in [2.75, 3.05) is 5.84 Å². The zero-order chi connectivity index (χ0) is 18.3. The van der Waals surface area contributed by atoms with Gasteiger partial charge in [0.05, 0.1) is 11.4 Å². The minimum absolute atomic E-state index is 0.128. The summed E-state index contributed by atoms with van der Waals surface area (Å²) in [5.74, 6) is 7.75. The van der Waals surface area contributed by atoms with E-state index in [-0.39, 0.29) is 5.41 Å². The largest absolute Gasteiger partial charge is 0.336 e. The van der Waals surface area contributed by atoms with Crippen LogP contribution in [0, 0.1) is 0 Å². The van der Waals surface area contributed by atoms with Gasteiger partial charge in [0.2, 0.25) is 5.16 Å². The van der Waals surface area contributed by atoms with Gasteiger partial charge in [0.25, 0.3) is 0 Å². The fourth-order valence-corrected chi connectivity index (χ4v) is 4.25. The van der Waals surface area contributed by atoms with E-state index in [0.29, 0.717) is 0 Å². The van der Waals surface area contributed by atoms with Gasteiger partial charge in [0.15, 0.2) is 5.82 Å². The van der Waals surface area contributed by atoms with Crippen LogP contribution >= 0.6 is 11.8 Å². The number of hydrogen-bond donors (Lipinski definition) is 1. The molecule has 0 radical (unpaired) electrons. The van der Waals surface area contributed by atoms with E-state index in [1.54, 1.807) is 16.4 Å². The first-order valence-corrected chi connectivity index (χ1v) is 9.92. The number of nitrogens with zero attached hydrogens (tertiary/aromatic N) is 5. The van der Waals surface area contributed by atoms with Crippen molar-refractivity contribution in [3.63, 3.8) is 0 Å². The van der Waals surface area contributed by atoms with Gasteiger partial charge in [-0.1, -0.05) is 50.7 Å². The van der Waals surface area contributed by atoms with Crippen LogP contribution in [0.25, 0.3) is 5.69 Å². The summed E-state index contributed by atoms with van der Waals surface area (Å²) < 4.78 is 3.71. The molecule has 0 spiro atoms. The van der Waals surface area contributed by atoms with Crippen LogP contribution in [0.1, 0.15) is 50.0 Å². The Morgan fingerprint density at radius 3 is 2.58 bits per heavy atom.